The number of hydrogen-bond donors (Lipinski definition) is 2. The number of nitrogens with one attached hydrogen (secondary N) is 1. The van der Waals surface area contributed by atoms with E-state index in [0.717, 1.165) is 23.1 Å². The number of pyridine rings is 1. The van der Waals surface area contributed by atoms with Crippen LogP contribution in [0.1, 0.15) is 11.1 Å². The third kappa shape index (κ3) is 2.30. The molecule has 1 heterocycles. The summed E-state index contributed by atoms with van der Waals surface area (Å²) in [5, 5.41) is 4.50. The fourth-order valence-corrected chi connectivity index (χ4v) is 2.35. The minimum atomic E-state index is 0.678. The highest BCUT2D eigenvalue weighted by Gasteiger charge is 2.06. The largest absolute Gasteiger partial charge is 0.396 e. The van der Waals surface area contributed by atoms with Crippen molar-refractivity contribution in [2.75, 3.05) is 11.1 Å². The van der Waals surface area contributed by atoms with Crippen molar-refractivity contribution in [3.05, 3.63) is 65.9 Å². The number of aromatic nitrogens is 1. The molecule has 3 aromatic rings. The maximum Gasteiger partial charge on any atom is 0.0743 e. The summed E-state index contributed by atoms with van der Waals surface area (Å²) in [4.78, 5) is 4.35. The minimum absolute atomic E-state index is 0.678. The number of fused-ring (bicyclic) bond motifs is 1. The van der Waals surface area contributed by atoms with Crippen LogP contribution in [0.4, 0.5) is 11.4 Å². The molecule has 0 saturated carbocycles. The molecule has 1 aromatic heterocycles. The average molecular weight is 263 g/mol. The summed E-state index contributed by atoms with van der Waals surface area (Å²) in [7, 11) is 0. The average Bonchev–Trinajstić information content (AvgIpc) is 2.48. The van der Waals surface area contributed by atoms with E-state index in [-0.39, 0.29) is 0 Å². The van der Waals surface area contributed by atoms with E-state index in [0.29, 0.717) is 5.69 Å². The molecule has 0 amide bonds. The van der Waals surface area contributed by atoms with Crippen molar-refractivity contribution in [2.45, 2.75) is 13.5 Å². The molecule has 3 rings (SSSR count). The Balaban J connectivity index is 1.95. The zero-order valence-corrected chi connectivity index (χ0v) is 11.4. The van der Waals surface area contributed by atoms with Gasteiger partial charge in [-0.3, -0.25) is 4.98 Å². The number of aryl methyl sites for hydroxylation is 1. The normalized spacial score (nSPS) is 10.7. The molecule has 100 valence electrons. The molecule has 2 aromatic carbocycles. The van der Waals surface area contributed by atoms with Crippen LogP contribution in [0.5, 0.6) is 0 Å². The molecule has 3 N–H and O–H groups in total. The predicted octanol–water partition coefficient (Wildman–Crippen LogP) is 3.74. The zero-order valence-electron chi connectivity index (χ0n) is 11.4. The fraction of sp³-hybridized carbons (Fsp3) is 0.118. The maximum atomic E-state index is 6.06. The second-order valence-electron chi connectivity index (χ2n) is 4.89. The van der Waals surface area contributed by atoms with Crippen LogP contribution in [-0.4, -0.2) is 4.98 Å². The Hall–Kier alpha value is -2.55. The van der Waals surface area contributed by atoms with E-state index in [1.54, 1.807) is 6.20 Å². The van der Waals surface area contributed by atoms with Gasteiger partial charge in [0, 0.05) is 11.9 Å². The van der Waals surface area contributed by atoms with Crippen LogP contribution in [0.15, 0.2) is 54.7 Å². The first-order chi connectivity index (χ1) is 9.75. The first-order valence-electron chi connectivity index (χ1n) is 6.67. The Morgan fingerprint density at radius 2 is 1.80 bits per heavy atom. The minimum Gasteiger partial charge on any atom is -0.396 e. The van der Waals surface area contributed by atoms with Gasteiger partial charge in [0.15, 0.2) is 0 Å². The standard InChI is InChI=1S/C17H17N3/c1-12-6-2-3-7-13(12)10-20-17-14-8-4-5-9-16(14)19-11-15(17)18/h2-9,11H,10,18H2,1H3,(H,19,20). The molecule has 0 aliphatic heterocycles. The molecule has 3 heteroatoms. The van der Waals surface area contributed by atoms with E-state index < -0.39 is 0 Å². The summed E-state index contributed by atoms with van der Waals surface area (Å²) in [5.74, 6) is 0. The van der Waals surface area contributed by atoms with E-state index in [1.807, 2.05) is 24.3 Å². The molecular weight excluding hydrogens is 246 g/mol. The van der Waals surface area contributed by atoms with Crippen molar-refractivity contribution in [3.8, 4) is 0 Å². The predicted molar refractivity (Wildman–Crippen MR) is 84.7 cm³/mol. The summed E-state index contributed by atoms with van der Waals surface area (Å²) in [6, 6.07) is 16.4. The highest BCUT2D eigenvalue weighted by molar-refractivity contribution is 5.96. The maximum absolute atomic E-state index is 6.06. The molecule has 0 spiro atoms. The second kappa shape index (κ2) is 5.21. The van der Waals surface area contributed by atoms with Crippen molar-refractivity contribution in [1.82, 2.24) is 4.98 Å². The molecule has 0 unspecified atom stereocenters. The summed E-state index contributed by atoms with van der Waals surface area (Å²) in [6.07, 6.45) is 1.71. The molecule has 0 aliphatic carbocycles. The molecule has 0 bridgehead atoms. The van der Waals surface area contributed by atoms with Gasteiger partial charge in [-0.2, -0.15) is 0 Å². The van der Waals surface area contributed by atoms with Gasteiger partial charge in [-0.25, -0.2) is 0 Å². The number of nitrogens with two attached hydrogens (primary N) is 1. The van der Waals surface area contributed by atoms with Gasteiger partial charge in [-0.1, -0.05) is 42.5 Å². The van der Waals surface area contributed by atoms with Gasteiger partial charge >= 0.3 is 0 Å². The van der Waals surface area contributed by atoms with Gasteiger partial charge in [0.05, 0.1) is 23.1 Å². The SMILES string of the molecule is Cc1ccccc1CNc1c(N)cnc2ccccc12. The Labute approximate surface area is 118 Å². The van der Waals surface area contributed by atoms with Gasteiger partial charge in [-0.05, 0) is 24.1 Å². The summed E-state index contributed by atoms with van der Waals surface area (Å²) in [6.45, 7) is 2.87. The lowest BCUT2D eigenvalue weighted by molar-refractivity contribution is 1.12. The van der Waals surface area contributed by atoms with Crippen LogP contribution in [0.3, 0.4) is 0 Å². The number of anilines is 2. The lowest BCUT2D eigenvalue weighted by Gasteiger charge is -2.13. The van der Waals surface area contributed by atoms with Gasteiger partial charge in [0.25, 0.3) is 0 Å². The van der Waals surface area contributed by atoms with Gasteiger partial charge in [-0.15, -0.1) is 0 Å². The fourth-order valence-electron chi connectivity index (χ4n) is 2.35. The van der Waals surface area contributed by atoms with Crippen molar-refractivity contribution >= 4 is 22.3 Å². The highest BCUT2D eigenvalue weighted by Crippen LogP contribution is 2.28. The van der Waals surface area contributed by atoms with Crippen molar-refractivity contribution in [2.24, 2.45) is 0 Å². The van der Waals surface area contributed by atoms with E-state index >= 15 is 0 Å². The third-order valence-corrected chi connectivity index (χ3v) is 3.52. The molecule has 0 atom stereocenters. The second-order valence-corrected chi connectivity index (χ2v) is 4.89. The number of hydrogen-bond acceptors (Lipinski definition) is 3. The van der Waals surface area contributed by atoms with E-state index in [1.165, 1.54) is 11.1 Å². The molecule has 0 radical (unpaired) electrons. The van der Waals surface area contributed by atoms with Crippen LogP contribution >= 0.6 is 0 Å². The Kier molecular flexibility index (Phi) is 3.25. The monoisotopic (exact) mass is 263 g/mol. The number of nitrogens with zero attached hydrogens (tertiary/aromatic N) is 1. The number of nitrogen functional groups attached to an aromatic ring is 1. The zero-order chi connectivity index (χ0) is 13.9. The number of benzene rings is 2. The topological polar surface area (TPSA) is 50.9 Å². The highest BCUT2D eigenvalue weighted by atomic mass is 14.9. The van der Waals surface area contributed by atoms with Crippen LogP contribution in [0.25, 0.3) is 10.9 Å². The quantitative estimate of drug-likeness (QED) is 0.757. The lowest BCUT2D eigenvalue weighted by Crippen LogP contribution is -2.05. The summed E-state index contributed by atoms with van der Waals surface area (Å²) < 4.78 is 0. The first kappa shape index (κ1) is 12.5. The molecule has 20 heavy (non-hydrogen) atoms. The van der Waals surface area contributed by atoms with Crippen molar-refractivity contribution < 1.29 is 0 Å². The van der Waals surface area contributed by atoms with Gasteiger partial charge in [0.2, 0.25) is 0 Å². The van der Waals surface area contributed by atoms with Crippen molar-refractivity contribution in [1.29, 1.82) is 0 Å². The molecule has 3 nitrogen and oxygen atoms in total. The van der Waals surface area contributed by atoms with Crippen LogP contribution in [-0.2, 0) is 6.54 Å². The smallest absolute Gasteiger partial charge is 0.0743 e. The Morgan fingerprint density at radius 1 is 1.05 bits per heavy atom. The van der Waals surface area contributed by atoms with Gasteiger partial charge < -0.3 is 11.1 Å². The van der Waals surface area contributed by atoms with Crippen LogP contribution < -0.4 is 11.1 Å². The lowest BCUT2D eigenvalue weighted by atomic mass is 10.1. The molecule has 0 fully saturated rings. The van der Waals surface area contributed by atoms with Crippen LogP contribution in [0, 0.1) is 6.92 Å². The number of rotatable bonds is 3. The number of para-hydroxylation sites is 1. The Morgan fingerprint density at radius 3 is 2.65 bits per heavy atom. The molecule has 0 saturated heterocycles. The van der Waals surface area contributed by atoms with Crippen LogP contribution in [0.2, 0.25) is 0 Å². The molecular formula is C17H17N3. The van der Waals surface area contributed by atoms with Crippen molar-refractivity contribution in [3.63, 3.8) is 0 Å². The Bertz CT molecular complexity index is 750. The summed E-state index contributed by atoms with van der Waals surface area (Å²) in [5.41, 5.74) is 11.2. The van der Waals surface area contributed by atoms with Gasteiger partial charge in [0.1, 0.15) is 0 Å². The summed E-state index contributed by atoms with van der Waals surface area (Å²) >= 11 is 0. The van der Waals surface area contributed by atoms with E-state index in [4.69, 9.17) is 5.73 Å². The van der Waals surface area contributed by atoms with E-state index in [9.17, 15) is 0 Å². The first-order valence-corrected chi connectivity index (χ1v) is 6.67. The van der Waals surface area contributed by atoms with E-state index in [2.05, 4.69) is 41.5 Å². The molecule has 0 aliphatic rings. The third-order valence-electron chi connectivity index (χ3n) is 3.52.